The summed E-state index contributed by atoms with van der Waals surface area (Å²) in [7, 11) is 1.64. The molecule has 0 radical (unpaired) electrons. The van der Waals surface area contributed by atoms with Crippen LogP contribution in [0.3, 0.4) is 0 Å². The summed E-state index contributed by atoms with van der Waals surface area (Å²) >= 11 is 0. The molecule has 0 bridgehead atoms. The largest absolute Gasteiger partial charge is 0.383 e. The summed E-state index contributed by atoms with van der Waals surface area (Å²) in [5.74, 6) is 1.45. The quantitative estimate of drug-likeness (QED) is 0.695. The predicted molar refractivity (Wildman–Crippen MR) is 78.1 cm³/mol. The van der Waals surface area contributed by atoms with Crippen LogP contribution in [0.4, 0.5) is 0 Å². The van der Waals surface area contributed by atoms with Crippen molar-refractivity contribution in [2.24, 2.45) is 11.8 Å². The topological polar surface area (TPSA) is 50.4 Å². The number of methoxy groups -OCH3 is 1. The van der Waals surface area contributed by atoms with Crippen molar-refractivity contribution in [1.29, 1.82) is 0 Å². The van der Waals surface area contributed by atoms with Gasteiger partial charge in [0.15, 0.2) is 0 Å². The van der Waals surface area contributed by atoms with E-state index in [2.05, 4.69) is 24.5 Å². The van der Waals surface area contributed by atoms with E-state index in [0.717, 1.165) is 0 Å². The highest BCUT2D eigenvalue weighted by atomic mass is 16.5. The number of amides is 1. The molecule has 1 aliphatic carbocycles. The Morgan fingerprint density at radius 3 is 2.58 bits per heavy atom. The van der Waals surface area contributed by atoms with E-state index in [4.69, 9.17) is 4.74 Å². The SMILES string of the molecule is COCCNC(=O)C(C)NC1CCCCC1C(C)C. The molecule has 112 valence electrons. The predicted octanol–water partition coefficient (Wildman–Crippen LogP) is 1.94. The first-order chi connectivity index (χ1) is 9.06. The van der Waals surface area contributed by atoms with Gasteiger partial charge in [-0.15, -0.1) is 0 Å². The van der Waals surface area contributed by atoms with E-state index in [1.807, 2.05) is 6.92 Å². The third-order valence-corrected chi connectivity index (χ3v) is 4.14. The fourth-order valence-corrected chi connectivity index (χ4v) is 2.99. The number of hydrogen-bond acceptors (Lipinski definition) is 3. The first kappa shape index (κ1) is 16.4. The maximum Gasteiger partial charge on any atom is 0.236 e. The Labute approximate surface area is 117 Å². The lowest BCUT2D eigenvalue weighted by Gasteiger charge is -2.36. The second-order valence-corrected chi connectivity index (χ2v) is 5.97. The molecule has 3 atom stereocenters. The van der Waals surface area contributed by atoms with Crippen LogP contribution < -0.4 is 10.6 Å². The molecule has 0 aromatic heterocycles. The van der Waals surface area contributed by atoms with Gasteiger partial charge in [0.05, 0.1) is 12.6 Å². The van der Waals surface area contributed by atoms with Crippen molar-refractivity contribution < 1.29 is 9.53 Å². The van der Waals surface area contributed by atoms with E-state index < -0.39 is 0 Å². The molecule has 0 heterocycles. The van der Waals surface area contributed by atoms with E-state index in [0.29, 0.717) is 31.0 Å². The van der Waals surface area contributed by atoms with Gasteiger partial charge in [0.2, 0.25) is 5.91 Å². The van der Waals surface area contributed by atoms with Crippen LogP contribution in [0.2, 0.25) is 0 Å². The normalized spacial score (nSPS) is 25.3. The number of hydrogen-bond donors (Lipinski definition) is 2. The Kier molecular flexibility index (Phi) is 7.39. The van der Waals surface area contributed by atoms with Gasteiger partial charge in [0, 0.05) is 19.7 Å². The van der Waals surface area contributed by atoms with Crippen LogP contribution in [0.15, 0.2) is 0 Å². The number of carbonyl (C=O) groups is 1. The lowest BCUT2D eigenvalue weighted by atomic mass is 9.77. The Hall–Kier alpha value is -0.610. The summed E-state index contributed by atoms with van der Waals surface area (Å²) in [6, 6.07) is 0.359. The fraction of sp³-hybridized carbons (Fsp3) is 0.933. The Morgan fingerprint density at radius 1 is 1.26 bits per heavy atom. The third kappa shape index (κ3) is 5.49. The van der Waals surface area contributed by atoms with Gasteiger partial charge < -0.3 is 15.4 Å². The van der Waals surface area contributed by atoms with E-state index >= 15 is 0 Å². The van der Waals surface area contributed by atoms with Gasteiger partial charge in [-0.3, -0.25) is 4.79 Å². The standard InChI is InChI=1S/C15H30N2O2/c1-11(2)13-7-5-6-8-14(13)17-12(3)15(18)16-9-10-19-4/h11-14,17H,5-10H2,1-4H3,(H,16,18). The highest BCUT2D eigenvalue weighted by Gasteiger charge is 2.29. The second-order valence-electron chi connectivity index (χ2n) is 5.97. The van der Waals surface area contributed by atoms with E-state index in [1.165, 1.54) is 25.7 Å². The maximum atomic E-state index is 11.9. The second kappa shape index (κ2) is 8.54. The van der Waals surface area contributed by atoms with Crippen LogP contribution in [0, 0.1) is 11.8 Å². The van der Waals surface area contributed by atoms with Gasteiger partial charge in [-0.1, -0.05) is 26.7 Å². The molecule has 3 unspecified atom stereocenters. The minimum absolute atomic E-state index is 0.0742. The van der Waals surface area contributed by atoms with Crippen LogP contribution in [0.25, 0.3) is 0 Å². The highest BCUT2D eigenvalue weighted by Crippen LogP contribution is 2.30. The maximum absolute atomic E-state index is 11.9. The minimum Gasteiger partial charge on any atom is -0.383 e. The Bertz CT molecular complexity index is 269. The number of nitrogens with one attached hydrogen (secondary N) is 2. The van der Waals surface area contributed by atoms with Crippen molar-refractivity contribution in [1.82, 2.24) is 10.6 Å². The van der Waals surface area contributed by atoms with Crippen LogP contribution in [0.1, 0.15) is 46.5 Å². The monoisotopic (exact) mass is 270 g/mol. The molecule has 0 spiro atoms. The molecule has 1 saturated carbocycles. The van der Waals surface area contributed by atoms with Gasteiger partial charge in [-0.05, 0) is 31.6 Å². The lowest BCUT2D eigenvalue weighted by Crippen LogP contribution is -2.51. The van der Waals surface area contributed by atoms with E-state index in [1.54, 1.807) is 7.11 Å². The summed E-state index contributed by atoms with van der Waals surface area (Å²) < 4.78 is 4.94. The molecule has 1 fully saturated rings. The van der Waals surface area contributed by atoms with Gasteiger partial charge in [-0.25, -0.2) is 0 Å². The van der Waals surface area contributed by atoms with Crippen molar-refractivity contribution in [2.75, 3.05) is 20.3 Å². The van der Waals surface area contributed by atoms with E-state index in [9.17, 15) is 4.79 Å². The number of rotatable bonds is 7. The summed E-state index contributed by atoms with van der Waals surface area (Å²) in [6.45, 7) is 7.67. The van der Waals surface area contributed by atoms with Crippen molar-refractivity contribution in [3.05, 3.63) is 0 Å². The Balaban J connectivity index is 2.40. The molecule has 4 heteroatoms. The average molecular weight is 270 g/mol. The zero-order valence-corrected chi connectivity index (χ0v) is 12.9. The van der Waals surface area contributed by atoms with Gasteiger partial charge in [0.25, 0.3) is 0 Å². The molecular weight excluding hydrogens is 240 g/mol. The minimum atomic E-state index is -0.124. The van der Waals surface area contributed by atoms with Crippen molar-refractivity contribution in [3.63, 3.8) is 0 Å². The zero-order valence-electron chi connectivity index (χ0n) is 12.9. The molecule has 1 rings (SSSR count). The van der Waals surface area contributed by atoms with Crippen LogP contribution >= 0.6 is 0 Å². The molecule has 0 aromatic carbocycles. The van der Waals surface area contributed by atoms with Crippen molar-refractivity contribution in [3.8, 4) is 0 Å². The molecule has 1 aliphatic rings. The number of ether oxygens (including phenoxy) is 1. The van der Waals surface area contributed by atoms with Gasteiger partial charge >= 0.3 is 0 Å². The van der Waals surface area contributed by atoms with Gasteiger partial charge in [0.1, 0.15) is 0 Å². The van der Waals surface area contributed by atoms with Crippen LogP contribution in [0.5, 0.6) is 0 Å². The smallest absolute Gasteiger partial charge is 0.236 e. The lowest BCUT2D eigenvalue weighted by molar-refractivity contribution is -0.123. The number of carbonyl (C=O) groups excluding carboxylic acids is 1. The molecule has 2 N–H and O–H groups in total. The first-order valence-corrected chi connectivity index (χ1v) is 7.59. The van der Waals surface area contributed by atoms with Crippen LogP contribution in [-0.4, -0.2) is 38.3 Å². The molecule has 0 saturated heterocycles. The highest BCUT2D eigenvalue weighted by molar-refractivity contribution is 5.81. The van der Waals surface area contributed by atoms with Gasteiger partial charge in [-0.2, -0.15) is 0 Å². The molecular formula is C15H30N2O2. The summed E-state index contributed by atoms with van der Waals surface area (Å²) in [6.07, 6.45) is 5.08. The molecule has 0 aromatic rings. The fourth-order valence-electron chi connectivity index (χ4n) is 2.99. The molecule has 19 heavy (non-hydrogen) atoms. The Morgan fingerprint density at radius 2 is 1.95 bits per heavy atom. The van der Waals surface area contributed by atoms with Crippen molar-refractivity contribution in [2.45, 2.75) is 58.5 Å². The zero-order chi connectivity index (χ0) is 14.3. The summed E-state index contributed by atoms with van der Waals surface area (Å²) in [4.78, 5) is 11.9. The third-order valence-electron chi connectivity index (χ3n) is 4.14. The summed E-state index contributed by atoms with van der Waals surface area (Å²) in [5, 5.41) is 6.41. The summed E-state index contributed by atoms with van der Waals surface area (Å²) in [5.41, 5.74) is 0. The van der Waals surface area contributed by atoms with Crippen LogP contribution in [-0.2, 0) is 9.53 Å². The molecule has 1 amide bonds. The van der Waals surface area contributed by atoms with E-state index in [-0.39, 0.29) is 11.9 Å². The van der Waals surface area contributed by atoms with Crippen molar-refractivity contribution >= 4 is 5.91 Å². The molecule has 4 nitrogen and oxygen atoms in total. The average Bonchev–Trinajstić information content (AvgIpc) is 2.39. The molecule has 0 aliphatic heterocycles. The first-order valence-electron chi connectivity index (χ1n) is 7.59.